The third-order valence-corrected chi connectivity index (χ3v) is 4.22. The molecule has 0 radical (unpaired) electrons. The maximum absolute atomic E-state index is 11.6. The topological polar surface area (TPSA) is 64.6 Å². The fourth-order valence-electron chi connectivity index (χ4n) is 1.92. The molecule has 6 heteroatoms. The number of carbonyl (C=O) groups excluding carboxylic acids is 2. The zero-order valence-corrected chi connectivity index (χ0v) is 12.8. The molecule has 0 aromatic rings. The second kappa shape index (κ2) is 7.03. The van der Waals surface area contributed by atoms with Crippen molar-refractivity contribution in [2.24, 2.45) is 11.8 Å². The monoisotopic (exact) mass is 289 g/mol. The van der Waals surface area contributed by atoms with Crippen LogP contribution in [0, 0.1) is 11.8 Å². The Balaban J connectivity index is 2.35. The van der Waals surface area contributed by atoms with Gasteiger partial charge in [0.25, 0.3) is 0 Å². The molecule has 0 bridgehead atoms. The number of amides is 1. The molecule has 1 aliphatic heterocycles. The Morgan fingerprint density at radius 1 is 1.26 bits per heavy atom. The van der Waals surface area contributed by atoms with E-state index in [2.05, 4.69) is 5.32 Å². The zero-order valence-electron chi connectivity index (χ0n) is 12.0. The van der Waals surface area contributed by atoms with Crippen LogP contribution in [0.2, 0.25) is 0 Å². The van der Waals surface area contributed by atoms with Gasteiger partial charge < -0.3 is 14.8 Å². The summed E-state index contributed by atoms with van der Waals surface area (Å²) in [4.78, 5) is 22.9. The van der Waals surface area contributed by atoms with Crippen LogP contribution in [-0.4, -0.2) is 42.8 Å². The Bertz CT molecular complexity index is 327. The van der Waals surface area contributed by atoms with Gasteiger partial charge in [0, 0.05) is 13.0 Å². The van der Waals surface area contributed by atoms with E-state index >= 15 is 0 Å². The fraction of sp³-hybridized carbons (Fsp3) is 0.846. The van der Waals surface area contributed by atoms with Crippen LogP contribution in [0.5, 0.6) is 0 Å². The highest BCUT2D eigenvalue weighted by Crippen LogP contribution is 2.32. The van der Waals surface area contributed by atoms with Gasteiger partial charge in [0.05, 0.1) is 7.11 Å². The molecule has 0 saturated carbocycles. The predicted octanol–water partition coefficient (Wildman–Crippen LogP) is 2.05. The Kier molecular flexibility index (Phi) is 5.97. The van der Waals surface area contributed by atoms with E-state index in [1.54, 1.807) is 0 Å². The number of rotatable bonds is 4. The van der Waals surface area contributed by atoms with Crippen molar-refractivity contribution >= 4 is 23.8 Å². The number of nitrogens with one attached hydrogen (secondary N) is 1. The molecule has 110 valence electrons. The first kappa shape index (κ1) is 16.1. The molecule has 1 N–H and O–H groups in total. The third kappa shape index (κ3) is 6.18. The van der Waals surface area contributed by atoms with Crippen LogP contribution in [-0.2, 0) is 14.3 Å². The standard InChI is InChI=1S/C13H23NO4S/c1-13(2,3)18-12(16)14-6-10-8-19-7-9(10)5-11(15)17-4/h9-10H,5-8H2,1-4H3,(H,14,16). The molecule has 5 nitrogen and oxygen atoms in total. The number of carbonyl (C=O) groups is 2. The van der Waals surface area contributed by atoms with Crippen LogP contribution in [0.25, 0.3) is 0 Å². The zero-order chi connectivity index (χ0) is 14.5. The number of thioether (sulfide) groups is 1. The van der Waals surface area contributed by atoms with Crippen molar-refractivity contribution in [3.8, 4) is 0 Å². The van der Waals surface area contributed by atoms with Gasteiger partial charge in [-0.05, 0) is 44.1 Å². The highest BCUT2D eigenvalue weighted by Gasteiger charge is 2.30. The van der Waals surface area contributed by atoms with E-state index in [9.17, 15) is 9.59 Å². The lowest BCUT2D eigenvalue weighted by Gasteiger charge is -2.22. The highest BCUT2D eigenvalue weighted by molar-refractivity contribution is 7.99. The Morgan fingerprint density at radius 3 is 2.47 bits per heavy atom. The van der Waals surface area contributed by atoms with Crippen molar-refractivity contribution < 1.29 is 19.1 Å². The molecular formula is C13H23NO4S. The first-order valence-electron chi connectivity index (χ1n) is 6.43. The number of ether oxygens (including phenoxy) is 2. The molecule has 2 atom stereocenters. The van der Waals surface area contributed by atoms with Crippen molar-refractivity contribution in [3.63, 3.8) is 0 Å². The lowest BCUT2D eigenvalue weighted by atomic mass is 9.93. The minimum absolute atomic E-state index is 0.185. The predicted molar refractivity (Wildman–Crippen MR) is 75.2 cm³/mol. The summed E-state index contributed by atoms with van der Waals surface area (Å²) in [6, 6.07) is 0. The van der Waals surface area contributed by atoms with Crippen LogP contribution >= 0.6 is 11.8 Å². The molecule has 0 aromatic carbocycles. The number of alkyl carbamates (subject to hydrolysis) is 1. The second-order valence-corrected chi connectivity index (χ2v) is 6.80. The number of methoxy groups -OCH3 is 1. The Morgan fingerprint density at radius 2 is 1.89 bits per heavy atom. The van der Waals surface area contributed by atoms with Crippen LogP contribution in [0.3, 0.4) is 0 Å². The van der Waals surface area contributed by atoms with Gasteiger partial charge in [0.2, 0.25) is 0 Å². The minimum atomic E-state index is -0.486. The number of esters is 1. The smallest absolute Gasteiger partial charge is 0.407 e. The number of hydrogen-bond donors (Lipinski definition) is 1. The first-order chi connectivity index (χ1) is 8.81. The maximum atomic E-state index is 11.6. The summed E-state index contributed by atoms with van der Waals surface area (Å²) in [7, 11) is 1.40. The molecule has 1 aliphatic rings. The summed E-state index contributed by atoms with van der Waals surface area (Å²) in [6.45, 7) is 6.04. The second-order valence-electron chi connectivity index (χ2n) is 5.72. The van der Waals surface area contributed by atoms with E-state index in [-0.39, 0.29) is 11.9 Å². The molecule has 1 fully saturated rings. The summed E-state index contributed by atoms with van der Waals surface area (Å²) in [6.07, 6.45) is 0.0191. The van der Waals surface area contributed by atoms with Crippen molar-refractivity contribution in [1.82, 2.24) is 5.32 Å². The van der Waals surface area contributed by atoms with E-state index in [4.69, 9.17) is 9.47 Å². The lowest BCUT2D eigenvalue weighted by molar-refractivity contribution is -0.141. The van der Waals surface area contributed by atoms with E-state index in [1.807, 2.05) is 32.5 Å². The van der Waals surface area contributed by atoms with E-state index in [0.717, 1.165) is 11.5 Å². The molecule has 19 heavy (non-hydrogen) atoms. The maximum Gasteiger partial charge on any atom is 0.407 e. The summed E-state index contributed by atoms with van der Waals surface area (Å²) in [5, 5.41) is 2.78. The number of hydrogen-bond acceptors (Lipinski definition) is 5. The van der Waals surface area contributed by atoms with Gasteiger partial charge in [-0.1, -0.05) is 0 Å². The average molecular weight is 289 g/mol. The fourth-order valence-corrected chi connectivity index (χ4v) is 3.44. The van der Waals surface area contributed by atoms with Gasteiger partial charge in [-0.25, -0.2) is 4.79 Å². The Hall–Kier alpha value is -0.910. The van der Waals surface area contributed by atoms with Gasteiger partial charge in [-0.2, -0.15) is 11.8 Å². The molecule has 1 saturated heterocycles. The minimum Gasteiger partial charge on any atom is -0.469 e. The normalized spacial score (nSPS) is 22.9. The molecule has 2 unspecified atom stereocenters. The average Bonchev–Trinajstić information content (AvgIpc) is 2.71. The van der Waals surface area contributed by atoms with E-state index in [1.165, 1.54) is 7.11 Å². The molecule has 0 aliphatic carbocycles. The lowest BCUT2D eigenvalue weighted by Crippen LogP contribution is -2.37. The molecule has 1 amide bonds. The van der Waals surface area contributed by atoms with Crippen LogP contribution in [0.4, 0.5) is 4.79 Å². The summed E-state index contributed by atoms with van der Waals surface area (Å²) < 4.78 is 9.88. The van der Waals surface area contributed by atoms with Crippen molar-refractivity contribution in [2.45, 2.75) is 32.8 Å². The van der Waals surface area contributed by atoms with Crippen molar-refractivity contribution in [1.29, 1.82) is 0 Å². The van der Waals surface area contributed by atoms with Gasteiger partial charge in [0.15, 0.2) is 0 Å². The van der Waals surface area contributed by atoms with Crippen LogP contribution in [0.15, 0.2) is 0 Å². The first-order valence-corrected chi connectivity index (χ1v) is 7.58. The van der Waals surface area contributed by atoms with E-state index in [0.29, 0.717) is 18.9 Å². The quantitative estimate of drug-likeness (QED) is 0.802. The van der Waals surface area contributed by atoms with Crippen LogP contribution < -0.4 is 5.32 Å². The van der Waals surface area contributed by atoms with Crippen molar-refractivity contribution in [3.05, 3.63) is 0 Å². The largest absolute Gasteiger partial charge is 0.469 e. The third-order valence-electron chi connectivity index (χ3n) is 2.89. The molecule has 0 spiro atoms. The summed E-state index contributed by atoms with van der Waals surface area (Å²) in [5.74, 6) is 2.28. The summed E-state index contributed by atoms with van der Waals surface area (Å²) >= 11 is 1.81. The highest BCUT2D eigenvalue weighted by atomic mass is 32.2. The van der Waals surface area contributed by atoms with Crippen LogP contribution in [0.1, 0.15) is 27.2 Å². The SMILES string of the molecule is COC(=O)CC1CSCC1CNC(=O)OC(C)(C)C. The van der Waals surface area contributed by atoms with E-state index < -0.39 is 11.7 Å². The molecule has 1 heterocycles. The van der Waals surface area contributed by atoms with Gasteiger partial charge in [0.1, 0.15) is 5.60 Å². The van der Waals surface area contributed by atoms with Gasteiger partial charge in [-0.3, -0.25) is 4.79 Å². The van der Waals surface area contributed by atoms with Gasteiger partial charge >= 0.3 is 12.1 Å². The molecule has 1 rings (SSSR count). The molecular weight excluding hydrogens is 266 g/mol. The summed E-state index contributed by atoms with van der Waals surface area (Å²) in [5.41, 5.74) is -0.486. The molecule has 0 aromatic heterocycles. The van der Waals surface area contributed by atoms with Crippen molar-refractivity contribution in [2.75, 3.05) is 25.2 Å². The van der Waals surface area contributed by atoms with Gasteiger partial charge in [-0.15, -0.1) is 0 Å². The Labute approximate surface area is 118 Å².